The molecule has 1 saturated heterocycles. The van der Waals surface area contributed by atoms with Gasteiger partial charge in [-0.15, -0.1) is 0 Å². The van der Waals surface area contributed by atoms with Crippen LogP contribution in [0.5, 0.6) is 0 Å². The molecule has 1 amide bonds. The van der Waals surface area contributed by atoms with Gasteiger partial charge in [-0.2, -0.15) is 0 Å². The van der Waals surface area contributed by atoms with Gasteiger partial charge in [0, 0.05) is 38.1 Å². The summed E-state index contributed by atoms with van der Waals surface area (Å²) in [5.41, 5.74) is -0.0842. The Hall–Kier alpha value is -0.610. The van der Waals surface area contributed by atoms with Crippen LogP contribution in [0, 0.1) is 5.41 Å². The van der Waals surface area contributed by atoms with Crippen molar-refractivity contribution in [2.24, 2.45) is 5.41 Å². The molecule has 1 saturated carbocycles. The van der Waals surface area contributed by atoms with Gasteiger partial charge >= 0.3 is 0 Å². The van der Waals surface area contributed by atoms with Gasteiger partial charge < -0.3 is 10.0 Å². The van der Waals surface area contributed by atoms with Crippen LogP contribution in [-0.4, -0.2) is 60.1 Å². The fourth-order valence-electron chi connectivity index (χ4n) is 3.07. The molecule has 4 nitrogen and oxygen atoms in total. The zero-order chi connectivity index (χ0) is 12.3. The van der Waals surface area contributed by atoms with Crippen molar-refractivity contribution in [3.05, 3.63) is 0 Å². The van der Waals surface area contributed by atoms with Crippen LogP contribution in [0.15, 0.2) is 0 Å². The Morgan fingerprint density at radius 3 is 2.29 bits per heavy atom. The second kappa shape index (κ2) is 5.36. The summed E-state index contributed by atoms with van der Waals surface area (Å²) in [4.78, 5) is 16.7. The first kappa shape index (κ1) is 12.8. The molecule has 2 rings (SSSR count). The second-order valence-electron chi connectivity index (χ2n) is 5.63. The van der Waals surface area contributed by atoms with Crippen molar-refractivity contribution in [3.8, 4) is 0 Å². The monoisotopic (exact) mass is 240 g/mol. The largest absolute Gasteiger partial charge is 0.395 e. The molecule has 0 radical (unpaired) electrons. The van der Waals surface area contributed by atoms with Crippen molar-refractivity contribution in [1.82, 2.24) is 9.80 Å². The van der Waals surface area contributed by atoms with Crippen molar-refractivity contribution in [2.75, 3.05) is 39.3 Å². The maximum absolute atomic E-state index is 12.4. The van der Waals surface area contributed by atoms with Gasteiger partial charge in [-0.25, -0.2) is 0 Å². The molecule has 0 atom stereocenters. The maximum atomic E-state index is 12.4. The van der Waals surface area contributed by atoms with E-state index < -0.39 is 0 Å². The number of carbonyl (C=O) groups is 1. The summed E-state index contributed by atoms with van der Waals surface area (Å²) in [7, 11) is 0. The SMILES string of the molecule is CC1(C(=O)N2CCN(CCO)CC2)CCCC1. The zero-order valence-corrected chi connectivity index (χ0v) is 10.8. The van der Waals surface area contributed by atoms with Crippen LogP contribution in [0.4, 0.5) is 0 Å². The Morgan fingerprint density at radius 2 is 1.76 bits per heavy atom. The van der Waals surface area contributed by atoms with Crippen LogP contribution < -0.4 is 0 Å². The van der Waals surface area contributed by atoms with Gasteiger partial charge in [0.2, 0.25) is 5.91 Å². The first-order valence-corrected chi connectivity index (χ1v) is 6.78. The predicted molar refractivity (Wildman–Crippen MR) is 66.7 cm³/mol. The highest BCUT2D eigenvalue weighted by Gasteiger charge is 2.39. The Balaban J connectivity index is 1.86. The third kappa shape index (κ3) is 2.80. The van der Waals surface area contributed by atoms with Gasteiger partial charge in [0.15, 0.2) is 0 Å². The highest BCUT2D eigenvalue weighted by Crippen LogP contribution is 2.39. The molecule has 1 aliphatic heterocycles. The fraction of sp³-hybridized carbons (Fsp3) is 0.923. The summed E-state index contributed by atoms with van der Waals surface area (Å²) >= 11 is 0. The van der Waals surface area contributed by atoms with E-state index in [1.54, 1.807) is 0 Å². The van der Waals surface area contributed by atoms with Crippen LogP contribution in [-0.2, 0) is 4.79 Å². The Labute approximate surface area is 104 Å². The predicted octanol–water partition coefficient (Wildman–Crippen LogP) is 0.703. The number of rotatable bonds is 3. The average molecular weight is 240 g/mol. The molecule has 17 heavy (non-hydrogen) atoms. The van der Waals surface area contributed by atoms with E-state index in [1.165, 1.54) is 12.8 Å². The van der Waals surface area contributed by atoms with Crippen LogP contribution in [0.25, 0.3) is 0 Å². The topological polar surface area (TPSA) is 43.8 Å². The summed E-state index contributed by atoms with van der Waals surface area (Å²) in [6, 6.07) is 0. The number of hydrogen-bond donors (Lipinski definition) is 1. The number of piperazine rings is 1. The van der Waals surface area contributed by atoms with Crippen LogP contribution in [0.1, 0.15) is 32.6 Å². The molecule has 2 aliphatic rings. The number of aliphatic hydroxyl groups excluding tert-OH is 1. The van der Waals surface area contributed by atoms with E-state index in [-0.39, 0.29) is 12.0 Å². The standard InChI is InChI=1S/C13H24N2O2/c1-13(4-2-3-5-13)12(17)15-8-6-14(7-9-15)10-11-16/h16H,2-11H2,1H3. The summed E-state index contributed by atoms with van der Waals surface area (Å²) in [6.45, 7) is 6.54. The maximum Gasteiger partial charge on any atom is 0.228 e. The van der Waals surface area contributed by atoms with Gasteiger partial charge in [-0.3, -0.25) is 9.69 Å². The molecule has 0 aromatic heterocycles. The summed E-state index contributed by atoms with van der Waals surface area (Å²) in [6.07, 6.45) is 4.52. The molecular weight excluding hydrogens is 216 g/mol. The molecule has 98 valence electrons. The van der Waals surface area contributed by atoms with Crippen LogP contribution in [0.3, 0.4) is 0 Å². The molecule has 1 N–H and O–H groups in total. The first-order chi connectivity index (χ1) is 8.15. The smallest absolute Gasteiger partial charge is 0.228 e. The summed E-state index contributed by atoms with van der Waals surface area (Å²) in [5, 5.41) is 8.89. The van der Waals surface area contributed by atoms with Crippen molar-refractivity contribution >= 4 is 5.91 Å². The highest BCUT2D eigenvalue weighted by atomic mass is 16.3. The van der Waals surface area contributed by atoms with Crippen LogP contribution >= 0.6 is 0 Å². The van der Waals surface area contributed by atoms with Crippen molar-refractivity contribution < 1.29 is 9.90 Å². The van der Waals surface area contributed by atoms with Gasteiger partial charge in [0.05, 0.1) is 6.61 Å². The third-order valence-electron chi connectivity index (χ3n) is 4.30. The molecule has 0 spiro atoms. The van der Waals surface area contributed by atoms with E-state index in [0.717, 1.165) is 45.6 Å². The van der Waals surface area contributed by atoms with E-state index in [4.69, 9.17) is 5.11 Å². The molecular formula is C13H24N2O2. The van der Waals surface area contributed by atoms with E-state index in [2.05, 4.69) is 11.8 Å². The lowest BCUT2D eigenvalue weighted by atomic mass is 9.87. The van der Waals surface area contributed by atoms with E-state index in [9.17, 15) is 4.79 Å². The summed E-state index contributed by atoms with van der Waals surface area (Å²) in [5.74, 6) is 0.360. The Morgan fingerprint density at radius 1 is 1.18 bits per heavy atom. The molecule has 2 fully saturated rings. The molecule has 0 unspecified atom stereocenters. The zero-order valence-electron chi connectivity index (χ0n) is 10.8. The average Bonchev–Trinajstić information content (AvgIpc) is 2.78. The number of aliphatic hydroxyl groups is 1. The lowest BCUT2D eigenvalue weighted by molar-refractivity contribution is -0.142. The number of hydrogen-bond acceptors (Lipinski definition) is 3. The van der Waals surface area contributed by atoms with Gasteiger partial charge in [-0.1, -0.05) is 19.8 Å². The molecule has 1 heterocycles. The van der Waals surface area contributed by atoms with Crippen molar-refractivity contribution in [1.29, 1.82) is 0 Å². The summed E-state index contributed by atoms with van der Waals surface area (Å²) < 4.78 is 0. The minimum absolute atomic E-state index is 0.0842. The van der Waals surface area contributed by atoms with Crippen LogP contribution in [0.2, 0.25) is 0 Å². The molecule has 1 aliphatic carbocycles. The molecule has 0 aromatic carbocycles. The van der Waals surface area contributed by atoms with Crippen molar-refractivity contribution in [2.45, 2.75) is 32.6 Å². The first-order valence-electron chi connectivity index (χ1n) is 6.78. The number of nitrogens with zero attached hydrogens (tertiary/aromatic N) is 2. The second-order valence-corrected chi connectivity index (χ2v) is 5.63. The van der Waals surface area contributed by atoms with Crippen molar-refractivity contribution in [3.63, 3.8) is 0 Å². The highest BCUT2D eigenvalue weighted by molar-refractivity contribution is 5.82. The minimum atomic E-state index is -0.0842. The minimum Gasteiger partial charge on any atom is -0.395 e. The van der Waals surface area contributed by atoms with Gasteiger partial charge in [0.1, 0.15) is 0 Å². The van der Waals surface area contributed by atoms with E-state index in [1.807, 2.05) is 4.90 Å². The number of β-amino-alcohol motifs (C(OH)–C–C–N with tert-alkyl or cyclic N) is 1. The number of amides is 1. The number of carbonyl (C=O) groups excluding carboxylic acids is 1. The van der Waals surface area contributed by atoms with E-state index in [0.29, 0.717) is 5.91 Å². The Kier molecular flexibility index (Phi) is 4.05. The van der Waals surface area contributed by atoms with E-state index >= 15 is 0 Å². The normalized spacial score (nSPS) is 25.2. The quantitative estimate of drug-likeness (QED) is 0.790. The van der Waals surface area contributed by atoms with Gasteiger partial charge in [0.25, 0.3) is 0 Å². The fourth-order valence-corrected chi connectivity index (χ4v) is 3.07. The molecule has 0 aromatic rings. The molecule has 4 heteroatoms. The Bertz CT molecular complexity index is 267. The third-order valence-corrected chi connectivity index (χ3v) is 4.30. The lowest BCUT2D eigenvalue weighted by Gasteiger charge is -2.38. The lowest BCUT2D eigenvalue weighted by Crippen LogP contribution is -2.52. The molecule has 0 bridgehead atoms. The van der Waals surface area contributed by atoms with Gasteiger partial charge in [-0.05, 0) is 12.8 Å².